The van der Waals surface area contributed by atoms with E-state index in [2.05, 4.69) is 26.0 Å². The van der Waals surface area contributed by atoms with Crippen molar-refractivity contribution in [2.24, 2.45) is 0 Å². The quantitative estimate of drug-likeness (QED) is 0.569. The number of carbonyl (C=O) groups excluding carboxylic acids is 3. The van der Waals surface area contributed by atoms with Gasteiger partial charge in [0.05, 0.1) is 17.7 Å². The van der Waals surface area contributed by atoms with Crippen molar-refractivity contribution in [3.8, 4) is 0 Å². The zero-order valence-electron chi connectivity index (χ0n) is 11.9. The van der Waals surface area contributed by atoms with Crippen LogP contribution in [0.5, 0.6) is 0 Å². The van der Waals surface area contributed by atoms with Gasteiger partial charge in [0.25, 0.3) is 5.91 Å². The molecule has 0 aliphatic heterocycles. The van der Waals surface area contributed by atoms with E-state index in [-0.39, 0.29) is 23.0 Å². The number of benzene rings is 1. The van der Waals surface area contributed by atoms with E-state index in [0.29, 0.717) is 17.4 Å². The van der Waals surface area contributed by atoms with Crippen molar-refractivity contribution >= 4 is 45.4 Å². The summed E-state index contributed by atoms with van der Waals surface area (Å²) in [7, 11) is 1.30. The van der Waals surface area contributed by atoms with Crippen molar-refractivity contribution in [1.29, 1.82) is 0 Å². The van der Waals surface area contributed by atoms with Crippen LogP contribution in [0, 0.1) is 0 Å². The highest BCUT2D eigenvalue weighted by Crippen LogP contribution is 2.21. The van der Waals surface area contributed by atoms with Crippen LogP contribution in [0.2, 0.25) is 5.02 Å². The summed E-state index contributed by atoms with van der Waals surface area (Å²) in [4.78, 5) is 34.2. The standard InChI is InChI=1S/C14H15BrClNO5/c1-21-13(19)3-2-6-17-12(18)8-22-14(20)10-7-9(15)4-5-11(10)16/h4-5,7H,2-3,6,8H2,1H3,(H,17,18). The van der Waals surface area contributed by atoms with Gasteiger partial charge in [0.1, 0.15) is 0 Å². The summed E-state index contributed by atoms with van der Waals surface area (Å²) in [6.07, 6.45) is 0.661. The predicted octanol–water partition coefficient (Wildman–Crippen LogP) is 2.33. The normalized spacial score (nSPS) is 9.95. The molecule has 0 radical (unpaired) electrons. The molecule has 0 saturated heterocycles. The topological polar surface area (TPSA) is 81.7 Å². The van der Waals surface area contributed by atoms with Gasteiger partial charge in [0, 0.05) is 17.4 Å². The Bertz CT molecular complexity index is 564. The summed E-state index contributed by atoms with van der Waals surface area (Å²) in [6.45, 7) is -0.122. The minimum atomic E-state index is -0.684. The molecule has 120 valence electrons. The highest BCUT2D eigenvalue weighted by Gasteiger charge is 2.14. The Morgan fingerprint density at radius 2 is 2.05 bits per heavy atom. The Kier molecular flexibility index (Phi) is 7.90. The van der Waals surface area contributed by atoms with Gasteiger partial charge in [0.15, 0.2) is 6.61 Å². The molecule has 0 aliphatic carbocycles. The first-order chi connectivity index (χ1) is 10.4. The molecule has 0 bridgehead atoms. The summed E-state index contributed by atoms with van der Waals surface area (Å²) in [6, 6.07) is 4.75. The van der Waals surface area contributed by atoms with E-state index in [0.717, 1.165) is 0 Å². The van der Waals surface area contributed by atoms with E-state index in [4.69, 9.17) is 16.3 Å². The van der Waals surface area contributed by atoms with Crippen molar-refractivity contribution in [3.05, 3.63) is 33.3 Å². The van der Waals surface area contributed by atoms with Gasteiger partial charge < -0.3 is 14.8 Å². The smallest absolute Gasteiger partial charge is 0.340 e. The number of methoxy groups -OCH3 is 1. The van der Waals surface area contributed by atoms with Gasteiger partial charge in [-0.3, -0.25) is 9.59 Å². The number of hydrogen-bond acceptors (Lipinski definition) is 5. The van der Waals surface area contributed by atoms with Gasteiger partial charge in [-0.1, -0.05) is 27.5 Å². The molecule has 0 atom stereocenters. The monoisotopic (exact) mass is 391 g/mol. The molecule has 1 amide bonds. The average molecular weight is 393 g/mol. The van der Waals surface area contributed by atoms with Crippen molar-refractivity contribution < 1.29 is 23.9 Å². The Balaban J connectivity index is 2.33. The van der Waals surface area contributed by atoms with Crippen molar-refractivity contribution in [1.82, 2.24) is 5.32 Å². The second-order valence-corrected chi connectivity index (χ2v) is 5.55. The lowest BCUT2D eigenvalue weighted by Gasteiger charge is -2.07. The van der Waals surface area contributed by atoms with Gasteiger partial charge in [-0.05, 0) is 24.6 Å². The third-order valence-corrected chi connectivity index (χ3v) is 3.41. The predicted molar refractivity (Wildman–Crippen MR) is 83.7 cm³/mol. The molecular weight excluding hydrogens is 378 g/mol. The summed E-state index contributed by atoms with van der Waals surface area (Å²) >= 11 is 9.11. The first-order valence-corrected chi connectivity index (χ1v) is 7.57. The molecule has 1 rings (SSSR count). The molecule has 0 aliphatic rings. The Labute approximate surface area is 141 Å². The number of amides is 1. The van der Waals surface area contributed by atoms with Gasteiger partial charge in [0.2, 0.25) is 0 Å². The number of rotatable bonds is 7. The summed E-state index contributed by atoms with van der Waals surface area (Å²) in [5.41, 5.74) is 0.175. The maximum atomic E-state index is 11.8. The number of ether oxygens (including phenoxy) is 2. The minimum absolute atomic E-state index is 0.175. The van der Waals surface area contributed by atoms with E-state index in [1.807, 2.05) is 0 Å². The van der Waals surface area contributed by atoms with E-state index in [1.54, 1.807) is 12.1 Å². The zero-order valence-corrected chi connectivity index (χ0v) is 14.2. The highest BCUT2D eigenvalue weighted by molar-refractivity contribution is 9.10. The highest BCUT2D eigenvalue weighted by atomic mass is 79.9. The lowest BCUT2D eigenvalue weighted by atomic mass is 10.2. The van der Waals surface area contributed by atoms with E-state index in [1.165, 1.54) is 13.2 Å². The number of carbonyl (C=O) groups is 3. The van der Waals surface area contributed by atoms with Gasteiger partial charge in [-0.25, -0.2) is 4.79 Å². The molecule has 0 unspecified atom stereocenters. The fourth-order valence-corrected chi connectivity index (χ4v) is 2.03. The van der Waals surface area contributed by atoms with Crippen molar-refractivity contribution in [2.45, 2.75) is 12.8 Å². The third-order valence-electron chi connectivity index (χ3n) is 2.59. The largest absolute Gasteiger partial charge is 0.469 e. The Morgan fingerprint density at radius 3 is 2.73 bits per heavy atom. The number of halogens is 2. The molecule has 0 fully saturated rings. The molecule has 1 aromatic carbocycles. The molecule has 0 spiro atoms. The Hall–Kier alpha value is -1.60. The molecule has 22 heavy (non-hydrogen) atoms. The molecule has 6 nitrogen and oxygen atoms in total. The van der Waals surface area contributed by atoms with Gasteiger partial charge >= 0.3 is 11.9 Å². The molecule has 0 heterocycles. The summed E-state index contributed by atoms with van der Waals surface area (Å²) in [5, 5.41) is 2.77. The van der Waals surface area contributed by atoms with E-state index >= 15 is 0 Å². The Morgan fingerprint density at radius 1 is 1.32 bits per heavy atom. The molecule has 0 saturated carbocycles. The fraction of sp³-hybridized carbons (Fsp3) is 0.357. The van der Waals surface area contributed by atoms with Crippen LogP contribution >= 0.6 is 27.5 Å². The van der Waals surface area contributed by atoms with Crippen LogP contribution in [0.4, 0.5) is 0 Å². The maximum absolute atomic E-state index is 11.8. The third kappa shape index (κ3) is 6.44. The number of hydrogen-bond donors (Lipinski definition) is 1. The second-order valence-electron chi connectivity index (χ2n) is 4.23. The SMILES string of the molecule is COC(=O)CCCNC(=O)COC(=O)c1cc(Br)ccc1Cl. The molecule has 1 aromatic rings. The molecule has 1 N–H and O–H groups in total. The second kappa shape index (κ2) is 9.42. The first kappa shape index (κ1) is 18.4. The van der Waals surface area contributed by atoms with Crippen LogP contribution in [0.1, 0.15) is 23.2 Å². The van der Waals surface area contributed by atoms with Crippen LogP contribution in [0.15, 0.2) is 22.7 Å². The average Bonchev–Trinajstić information content (AvgIpc) is 2.51. The van der Waals surface area contributed by atoms with Gasteiger partial charge in [-0.15, -0.1) is 0 Å². The zero-order chi connectivity index (χ0) is 16.5. The van der Waals surface area contributed by atoms with Crippen LogP contribution < -0.4 is 5.32 Å². The number of esters is 2. The molecular formula is C14H15BrClNO5. The number of nitrogens with one attached hydrogen (secondary N) is 1. The van der Waals surface area contributed by atoms with Crippen LogP contribution in [-0.4, -0.2) is 38.1 Å². The first-order valence-electron chi connectivity index (χ1n) is 6.39. The maximum Gasteiger partial charge on any atom is 0.340 e. The van der Waals surface area contributed by atoms with Gasteiger partial charge in [-0.2, -0.15) is 0 Å². The lowest BCUT2D eigenvalue weighted by molar-refractivity contribution is -0.140. The van der Waals surface area contributed by atoms with Crippen LogP contribution in [0.3, 0.4) is 0 Å². The van der Waals surface area contributed by atoms with Crippen molar-refractivity contribution in [3.63, 3.8) is 0 Å². The van der Waals surface area contributed by atoms with Crippen LogP contribution in [0.25, 0.3) is 0 Å². The lowest BCUT2D eigenvalue weighted by Crippen LogP contribution is -2.30. The fourth-order valence-electron chi connectivity index (χ4n) is 1.48. The molecule has 0 aromatic heterocycles. The van der Waals surface area contributed by atoms with E-state index < -0.39 is 18.5 Å². The summed E-state index contributed by atoms with van der Waals surface area (Å²) in [5.74, 6) is -1.48. The molecule has 8 heteroatoms. The minimum Gasteiger partial charge on any atom is -0.469 e. The van der Waals surface area contributed by atoms with E-state index in [9.17, 15) is 14.4 Å². The van der Waals surface area contributed by atoms with Crippen LogP contribution in [-0.2, 0) is 19.1 Å². The van der Waals surface area contributed by atoms with Crippen molar-refractivity contribution in [2.75, 3.05) is 20.3 Å². The summed E-state index contributed by atoms with van der Waals surface area (Å²) < 4.78 is 10.0.